The van der Waals surface area contributed by atoms with Crippen molar-refractivity contribution in [2.45, 2.75) is 51.8 Å². The highest BCUT2D eigenvalue weighted by molar-refractivity contribution is 5.99. The van der Waals surface area contributed by atoms with Crippen LogP contribution in [0.15, 0.2) is 72.8 Å². The normalized spacial score (nSPS) is 12.9. The van der Waals surface area contributed by atoms with Crippen molar-refractivity contribution >= 4 is 28.9 Å². The number of hydrogen-bond donors (Lipinski definition) is 1. The Balaban J connectivity index is 2.08. The van der Waals surface area contributed by atoms with Gasteiger partial charge in [0.05, 0.1) is 13.7 Å². The van der Waals surface area contributed by atoms with Crippen molar-refractivity contribution in [3.63, 3.8) is 0 Å². The summed E-state index contributed by atoms with van der Waals surface area (Å²) in [6.45, 7) is 7.03. The maximum atomic E-state index is 13.5. The molecule has 0 aliphatic heterocycles. The number of carbonyl (C=O) groups is 3. The smallest absolute Gasteiger partial charge is 0.413 e. The first-order chi connectivity index (χ1) is 16.5. The second kappa shape index (κ2) is 10.6. The molecule has 3 aromatic rings. The number of imide groups is 1. The Morgan fingerprint density at radius 1 is 0.829 bits per heavy atom. The molecule has 1 unspecified atom stereocenters. The third kappa shape index (κ3) is 6.59. The number of carbonyl (C=O) groups excluding carboxylic acids is 3. The summed E-state index contributed by atoms with van der Waals surface area (Å²) in [5.74, 6) is -0.667. The largest absolute Gasteiger partial charge is 0.453 e. The molecule has 0 saturated carbocycles. The SMILES string of the molecule is COC(=O)NC(=O)C(C)(Cc1ccc2ccccc2c1)N(Cc1ccccc1)C(=O)OC(C)(C)C. The average molecular weight is 477 g/mol. The van der Waals surface area contributed by atoms with E-state index in [2.05, 4.69) is 10.1 Å². The van der Waals surface area contributed by atoms with Crippen LogP contribution in [0.1, 0.15) is 38.8 Å². The molecular weight excluding hydrogens is 444 g/mol. The predicted octanol–water partition coefficient (Wildman–Crippen LogP) is 5.46. The van der Waals surface area contributed by atoms with E-state index in [9.17, 15) is 14.4 Å². The van der Waals surface area contributed by atoms with Crippen LogP contribution in [0.5, 0.6) is 0 Å². The zero-order chi connectivity index (χ0) is 25.6. The molecule has 0 aromatic heterocycles. The zero-order valence-corrected chi connectivity index (χ0v) is 20.8. The topological polar surface area (TPSA) is 84.9 Å². The lowest BCUT2D eigenvalue weighted by molar-refractivity contribution is -0.132. The summed E-state index contributed by atoms with van der Waals surface area (Å²) in [6.07, 6.45) is -1.42. The number of benzene rings is 3. The molecule has 3 rings (SSSR count). The van der Waals surface area contributed by atoms with Gasteiger partial charge in [0.15, 0.2) is 0 Å². The molecule has 0 aliphatic rings. The minimum Gasteiger partial charge on any atom is -0.453 e. The van der Waals surface area contributed by atoms with Crippen LogP contribution in [0, 0.1) is 0 Å². The molecule has 184 valence electrons. The quantitative estimate of drug-likeness (QED) is 0.511. The lowest BCUT2D eigenvalue weighted by Crippen LogP contribution is -2.61. The fraction of sp³-hybridized carbons (Fsp3) is 0.321. The van der Waals surface area contributed by atoms with Gasteiger partial charge in [0.2, 0.25) is 0 Å². The molecule has 0 saturated heterocycles. The summed E-state index contributed by atoms with van der Waals surface area (Å²) >= 11 is 0. The van der Waals surface area contributed by atoms with Gasteiger partial charge >= 0.3 is 12.2 Å². The van der Waals surface area contributed by atoms with Gasteiger partial charge in [0.25, 0.3) is 5.91 Å². The number of alkyl carbamates (subject to hydrolysis) is 1. The zero-order valence-electron chi connectivity index (χ0n) is 20.8. The highest BCUT2D eigenvalue weighted by atomic mass is 16.6. The monoisotopic (exact) mass is 476 g/mol. The first kappa shape index (κ1) is 25.7. The molecule has 0 spiro atoms. The van der Waals surface area contributed by atoms with Gasteiger partial charge in [-0.1, -0.05) is 72.8 Å². The number of hydrogen-bond acceptors (Lipinski definition) is 5. The standard InChI is InChI=1S/C28H32N2O5/c1-27(2,3)35-26(33)30(19-20-11-7-6-8-12-20)28(4,24(31)29-25(32)34-5)18-21-15-16-22-13-9-10-14-23(22)17-21/h6-17H,18-19H2,1-5H3,(H,29,31,32). The lowest BCUT2D eigenvalue weighted by Gasteiger charge is -2.40. The van der Waals surface area contributed by atoms with Gasteiger partial charge in [0.1, 0.15) is 11.1 Å². The third-order valence-corrected chi connectivity index (χ3v) is 5.65. The Bertz CT molecular complexity index is 1200. The number of fused-ring (bicyclic) bond motifs is 1. The van der Waals surface area contributed by atoms with Gasteiger partial charge in [-0.15, -0.1) is 0 Å². The van der Waals surface area contributed by atoms with Crippen LogP contribution in [0.25, 0.3) is 10.8 Å². The van der Waals surface area contributed by atoms with E-state index in [1.54, 1.807) is 27.7 Å². The van der Waals surface area contributed by atoms with Gasteiger partial charge in [0, 0.05) is 6.42 Å². The van der Waals surface area contributed by atoms with Crippen molar-refractivity contribution in [1.29, 1.82) is 0 Å². The molecule has 1 atom stereocenters. The molecule has 7 heteroatoms. The Morgan fingerprint density at radius 2 is 1.46 bits per heavy atom. The molecule has 1 N–H and O–H groups in total. The van der Waals surface area contributed by atoms with Gasteiger partial charge in [-0.2, -0.15) is 0 Å². The molecule has 0 heterocycles. The second-order valence-corrected chi connectivity index (χ2v) is 9.63. The molecule has 35 heavy (non-hydrogen) atoms. The predicted molar refractivity (Wildman–Crippen MR) is 135 cm³/mol. The summed E-state index contributed by atoms with van der Waals surface area (Å²) in [5, 5.41) is 4.33. The van der Waals surface area contributed by atoms with E-state index in [-0.39, 0.29) is 13.0 Å². The van der Waals surface area contributed by atoms with Crippen LogP contribution in [0.4, 0.5) is 9.59 Å². The van der Waals surface area contributed by atoms with Crippen molar-refractivity contribution in [2.24, 2.45) is 0 Å². The minimum absolute atomic E-state index is 0.106. The molecule has 0 radical (unpaired) electrons. The van der Waals surface area contributed by atoms with Crippen molar-refractivity contribution in [2.75, 3.05) is 7.11 Å². The molecule has 7 nitrogen and oxygen atoms in total. The van der Waals surface area contributed by atoms with Gasteiger partial charge in [-0.3, -0.25) is 15.0 Å². The third-order valence-electron chi connectivity index (χ3n) is 5.65. The summed E-state index contributed by atoms with van der Waals surface area (Å²) < 4.78 is 10.4. The van der Waals surface area contributed by atoms with E-state index >= 15 is 0 Å². The molecule has 3 amide bonds. The van der Waals surface area contributed by atoms with E-state index in [1.807, 2.05) is 72.8 Å². The van der Waals surface area contributed by atoms with Crippen LogP contribution < -0.4 is 5.32 Å². The molecule has 0 bridgehead atoms. The van der Waals surface area contributed by atoms with Gasteiger partial charge in [-0.05, 0) is 49.6 Å². The fourth-order valence-electron chi connectivity index (χ4n) is 3.85. The maximum Gasteiger partial charge on any atom is 0.413 e. The number of rotatable bonds is 6. The van der Waals surface area contributed by atoms with E-state index < -0.39 is 29.2 Å². The highest BCUT2D eigenvalue weighted by Crippen LogP contribution is 2.28. The Labute approximate surface area is 206 Å². The Morgan fingerprint density at radius 3 is 2.09 bits per heavy atom. The molecular formula is C28H32N2O5. The van der Waals surface area contributed by atoms with Crippen LogP contribution in [0.3, 0.4) is 0 Å². The Kier molecular flexibility index (Phi) is 7.79. The number of methoxy groups -OCH3 is 1. The summed E-state index contributed by atoms with van der Waals surface area (Å²) in [5.41, 5.74) is -0.620. The van der Waals surface area contributed by atoms with Crippen molar-refractivity contribution in [1.82, 2.24) is 10.2 Å². The van der Waals surface area contributed by atoms with Gasteiger partial charge in [-0.25, -0.2) is 9.59 Å². The van der Waals surface area contributed by atoms with Crippen molar-refractivity contribution in [3.8, 4) is 0 Å². The lowest BCUT2D eigenvalue weighted by atomic mass is 9.88. The van der Waals surface area contributed by atoms with Crippen LogP contribution >= 0.6 is 0 Å². The molecule has 0 fully saturated rings. The fourth-order valence-corrected chi connectivity index (χ4v) is 3.85. The van der Waals surface area contributed by atoms with E-state index in [4.69, 9.17) is 4.74 Å². The summed E-state index contributed by atoms with van der Waals surface area (Å²) in [6, 6.07) is 23.1. The van der Waals surface area contributed by atoms with Gasteiger partial charge < -0.3 is 9.47 Å². The van der Waals surface area contributed by atoms with Crippen molar-refractivity contribution in [3.05, 3.63) is 83.9 Å². The first-order valence-corrected chi connectivity index (χ1v) is 11.4. The van der Waals surface area contributed by atoms with Crippen LogP contribution in [0.2, 0.25) is 0 Å². The highest BCUT2D eigenvalue weighted by Gasteiger charge is 2.45. The van der Waals surface area contributed by atoms with Crippen molar-refractivity contribution < 1.29 is 23.9 Å². The Hall–Kier alpha value is -3.87. The first-order valence-electron chi connectivity index (χ1n) is 11.4. The molecule has 0 aliphatic carbocycles. The second-order valence-electron chi connectivity index (χ2n) is 9.63. The summed E-state index contributed by atoms with van der Waals surface area (Å²) in [4.78, 5) is 40.4. The number of nitrogens with zero attached hydrogens (tertiary/aromatic N) is 1. The number of ether oxygens (including phenoxy) is 2. The van der Waals surface area contributed by atoms with E-state index in [0.717, 1.165) is 21.9 Å². The molecule has 3 aromatic carbocycles. The van der Waals surface area contributed by atoms with Crippen LogP contribution in [-0.2, 0) is 27.2 Å². The average Bonchev–Trinajstić information content (AvgIpc) is 2.81. The number of amides is 3. The maximum absolute atomic E-state index is 13.5. The van der Waals surface area contributed by atoms with E-state index in [1.165, 1.54) is 12.0 Å². The van der Waals surface area contributed by atoms with Crippen LogP contribution in [-0.4, -0.2) is 41.2 Å². The minimum atomic E-state index is -1.48. The van der Waals surface area contributed by atoms with E-state index in [0.29, 0.717) is 0 Å². The summed E-state index contributed by atoms with van der Waals surface area (Å²) in [7, 11) is 1.18. The number of nitrogens with one attached hydrogen (secondary N) is 1.